The summed E-state index contributed by atoms with van der Waals surface area (Å²) in [6, 6.07) is 0. The lowest BCUT2D eigenvalue weighted by Crippen LogP contribution is -2.00. The Labute approximate surface area is 74.9 Å². The van der Waals surface area contributed by atoms with Crippen molar-refractivity contribution in [1.82, 2.24) is 0 Å². The van der Waals surface area contributed by atoms with Crippen molar-refractivity contribution in [2.75, 3.05) is 0 Å². The van der Waals surface area contributed by atoms with Gasteiger partial charge in [0, 0.05) is 12.8 Å². The van der Waals surface area contributed by atoms with Gasteiger partial charge in [0.1, 0.15) is 0 Å². The number of allylic oxidation sites excluding steroid dienone is 2. The Hall–Kier alpha value is -1.03. The minimum Gasteiger partial charge on any atom is -0.295 e. The van der Waals surface area contributed by atoms with Crippen molar-refractivity contribution in [3.8, 4) is 11.8 Å². The quantitative estimate of drug-likeness (QED) is 0.461. The zero-order chi connectivity index (χ0) is 9.40. The molecule has 0 bridgehead atoms. The van der Waals surface area contributed by atoms with E-state index in [4.69, 9.17) is 0 Å². The summed E-state index contributed by atoms with van der Waals surface area (Å²) in [5.74, 6) is 5.90. The van der Waals surface area contributed by atoms with Crippen molar-refractivity contribution in [3.05, 3.63) is 11.6 Å². The van der Waals surface area contributed by atoms with Crippen LogP contribution in [0.25, 0.3) is 0 Å². The molecule has 0 unspecified atom stereocenters. The molecule has 0 aromatic heterocycles. The number of hydrogen-bond donors (Lipinski definition) is 0. The number of ketones is 1. The van der Waals surface area contributed by atoms with E-state index in [0.717, 1.165) is 12.0 Å². The Bertz CT molecular complexity index is 225. The van der Waals surface area contributed by atoms with Gasteiger partial charge in [0.2, 0.25) is 0 Å². The molecule has 0 spiro atoms. The summed E-state index contributed by atoms with van der Waals surface area (Å²) in [5, 5.41) is 0. The molecule has 0 fully saturated rings. The molecular weight excluding hydrogens is 148 g/mol. The van der Waals surface area contributed by atoms with E-state index < -0.39 is 0 Å². The van der Waals surface area contributed by atoms with Crippen LogP contribution in [0.15, 0.2) is 11.6 Å². The minimum absolute atomic E-state index is 0.239. The predicted octanol–water partition coefficient (Wildman–Crippen LogP) is 2.72. The van der Waals surface area contributed by atoms with Gasteiger partial charge in [0.05, 0.1) is 0 Å². The molecule has 1 heteroatoms. The summed E-state index contributed by atoms with van der Waals surface area (Å²) in [6.07, 6.45) is 3.97. The summed E-state index contributed by atoms with van der Waals surface area (Å²) in [7, 11) is 0. The molecule has 0 aromatic rings. The van der Waals surface area contributed by atoms with Gasteiger partial charge < -0.3 is 0 Å². The van der Waals surface area contributed by atoms with Crippen molar-refractivity contribution in [1.29, 1.82) is 0 Å². The summed E-state index contributed by atoms with van der Waals surface area (Å²) >= 11 is 0. The van der Waals surface area contributed by atoms with Gasteiger partial charge in [-0.05, 0) is 25.8 Å². The topological polar surface area (TPSA) is 17.1 Å². The number of hydrogen-bond acceptors (Lipinski definition) is 1. The molecule has 66 valence electrons. The molecule has 0 N–H and O–H groups in total. The van der Waals surface area contributed by atoms with E-state index >= 15 is 0 Å². The molecule has 0 aliphatic heterocycles. The molecule has 0 aromatic carbocycles. The van der Waals surface area contributed by atoms with E-state index in [-0.39, 0.29) is 5.78 Å². The van der Waals surface area contributed by atoms with Crippen LogP contribution in [0.4, 0.5) is 0 Å². The predicted molar refractivity (Wildman–Crippen MR) is 51.7 cm³/mol. The fourth-order valence-electron chi connectivity index (χ4n) is 1.02. The van der Waals surface area contributed by atoms with Gasteiger partial charge in [-0.3, -0.25) is 4.79 Å². The Kier molecular flexibility index (Phi) is 6.09. The van der Waals surface area contributed by atoms with Crippen LogP contribution in [0, 0.1) is 11.8 Å². The Morgan fingerprint density at radius 1 is 1.50 bits per heavy atom. The molecule has 0 rings (SSSR count). The van der Waals surface area contributed by atoms with Crippen molar-refractivity contribution in [3.63, 3.8) is 0 Å². The van der Waals surface area contributed by atoms with Crippen molar-refractivity contribution < 1.29 is 4.79 Å². The molecule has 0 heterocycles. The SMILES string of the molecule is CC#CCCC(=O)C(=CC)CC. The molecule has 1 nitrogen and oxygen atoms in total. The standard InChI is InChI=1S/C11H16O/c1-4-7-8-9-11(12)10(5-2)6-3/h5H,6,8-9H2,1-3H3. The summed E-state index contributed by atoms with van der Waals surface area (Å²) in [4.78, 5) is 11.3. The number of rotatable bonds is 4. The number of Topliss-reactive ketones (excluding diaryl/α,β-unsaturated/α-hetero) is 1. The lowest BCUT2D eigenvalue weighted by molar-refractivity contribution is -0.115. The van der Waals surface area contributed by atoms with Crippen molar-refractivity contribution in [2.24, 2.45) is 0 Å². The van der Waals surface area contributed by atoms with Gasteiger partial charge in [-0.25, -0.2) is 0 Å². The fraction of sp³-hybridized carbons (Fsp3) is 0.545. The van der Waals surface area contributed by atoms with E-state index in [2.05, 4.69) is 11.8 Å². The average molecular weight is 164 g/mol. The van der Waals surface area contributed by atoms with E-state index in [1.54, 1.807) is 6.92 Å². The van der Waals surface area contributed by atoms with Crippen molar-refractivity contribution in [2.45, 2.75) is 40.0 Å². The number of carbonyl (C=O) groups excluding carboxylic acids is 1. The molecule has 0 amide bonds. The Morgan fingerprint density at radius 3 is 2.58 bits per heavy atom. The summed E-state index contributed by atoms with van der Waals surface area (Å²) in [5.41, 5.74) is 0.924. The number of carbonyl (C=O) groups is 1. The first kappa shape index (κ1) is 11.0. The van der Waals surface area contributed by atoms with Crippen LogP contribution in [0.1, 0.15) is 40.0 Å². The highest BCUT2D eigenvalue weighted by Gasteiger charge is 2.04. The van der Waals surface area contributed by atoms with Gasteiger partial charge in [-0.2, -0.15) is 0 Å². The lowest BCUT2D eigenvalue weighted by atomic mass is 10.0. The normalized spacial score (nSPS) is 10.4. The summed E-state index contributed by atoms with van der Waals surface area (Å²) < 4.78 is 0. The zero-order valence-electron chi connectivity index (χ0n) is 8.11. The van der Waals surface area contributed by atoms with Crippen LogP contribution < -0.4 is 0 Å². The first-order chi connectivity index (χ1) is 5.76. The van der Waals surface area contributed by atoms with Crippen LogP contribution in [0.3, 0.4) is 0 Å². The third-order valence-electron chi connectivity index (χ3n) is 1.74. The van der Waals surface area contributed by atoms with Crippen LogP contribution in [0.2, 0.25) is 0 Å². The third kappa shape index (κ3) is 3.98. The molecule has 0 aliphatic carbocycles. The highest BCUT2D eigenvalue weighted by molar-refractivity contribution is 5.95. The largest absolute Gasteiger partial charge is 0.295 e. The minimum atomic E-state index is 0.239. The van der Waals surface area contributed by atoms with Crippen LogP contribution in [-0.2, 0) is 4.79 Å². The zero-order valence-corrected chi connectivity index (χ0v) is 8.11. The smallest absolute Gasteiger partial charge is 0.159 e. The molecule has 0 atom stereocenters. The molecule has 0 aliphatic rings. The molecule has 0 radical (unpaired) electrons. The second kappa shape index (κ2) is 6.67. The molecule has 0 saturated heterocycles. The van der Waals surface area contributed by atoms with E-state index in [9.17, 15) is 4.79 Å². The highest BCUT2D eigenvalue weighted by Crippen LogP contribution is 2.05. The Balaban J connectivity index is 3.92. The molecular formula is C11H16O. The molecule has 0 saturated carbocycles. The lowest BCUT2D eigenvalue weighted by Gasteiger charge is -1.99. The van der Waals surface area contributed by atoms with E-state index in [1.807, 2.05) is 19.9 Å². The maximum atomic E-state index is 11.3. The van der Waals surface area contributed by atoms with Gasteiger partial charge in [-0.1, -0.05) is 13.0 Å². The first-order valence-corrected chi connectivity index (χ1v) is 4.34. The summed E-state index contributed by atoms with van der Waals surface area (Å²) in [6.45, 7) is 5.70. The van der Waals surface area contributed by atoms with Crippen LogP contribution in [0.5, 0.6) is 0 Å². The third-order valence-corrected chi connectivity index (χ3v) is 1.74. The van der Waals surface area contributed by atoms with Gasteiger partial charge >= 0.3 is 0 Å². The monoisotopic (exact) mass is 164 g/mol. The van der Waals surface area contributed by atoms with E-state index in [1.165, 1.54) is 0 Å². The maximum absolute atomic E-state index is 11.3. The highest BCUT2D eigenvalue weighted by atomic mass is 16.1. The fourth-order valence-corrected chi connectivity index (χ4v) is 1.02. The second-order valence-electron chi connectivity index (χ2n) is 2.52. The maximum Gasteiger partial charge on any atom is 0.159 e. The Morgan fingerprint density at radius 2 is 2.17 bits per heavy atom. The second-order valence-corrected chi connectivity index (χ2v) is 2.52. The van der Waals surface area contributed by atoms with Gasteiger partial charge in [-0.15, -0.1) is 11.8 Å². The van der Waals surface area contributed by atoms with Crippen LogP contribution in [-0.4, -0.2) is 5.78 Å². The first-order valence-electron chi connectivity index (χ1n) is 4.34. The van der Waals surface area contributed by atoms with Crippen molar-refractivity contribution >= 4 is 5.78 Å². The average Bonchev–Trinajstić information content (AvgIpc) is 2.07. The van der Waals surface area contributed by atoms with E-state index in [0.29, 0.717) is 12.8 Å². The molecule has 12 heavy (non-hydrogen) atoms. The van der Waals surface area contributed by atoms with Gasteiger partial charge in [0.15, 0.2) is 5.78 Å². The van der Waals surface area contributed by atoms with Crippen LogP contribution >= 0.6 is 0 Å². The van der Waals surface area contributed by atoms with Gasteiger partial charge in [0.25, 0.3) is 0 Å².